The van der Waals surface area contributed by atoms with Gasteiger partial charge in [0.25, 0.3) is 0 Å². The summed E-state index contributed by atoms with van der Waals surface area (Å²) in [5, 5.41) is 10.1. The predicted molar refractivity (Wildman–Crippen MR) is 112 cm³/mol. The van der Waals surface area contributed by atoms with Crippen LogP contribution >= 0.6 is 11.8 Å². The van der Waals surface area contributed by atoms with E-state index >= 15 is 0 Å². The molecule has 2 N–H and O–H groups in total. The molecule has 5 rings (SSSR count). The van der Waals surface area contributed by atoms with Gasteiger partial charge in [-0.25, -0.2) is 0 Å². The molecule has 3 aromatic rings. The van der Waals surface area contributed by atoms with Crippen molar-refractivity contribution in [2.24, 2.45) is 0 Å². The Labute approximate surface area is 158 Å². The van der Waals surface area contributed by atoms with E-state index in [4.69, 9.17) is 0 Å². The van der Waals surface area contributed by atoms with Crippen LogP contribution in [0.1, 0.15) is 34.0 Å². The zero-order valence-corrected chi connectivity index (χ0v) is 15.7. The molecule has 1 aliphatic heterocycles. The van der Waals surface area contributed by atoms with Crippen molar-refractivity contribution in [2.45, 2.75) is 24.8 Å². The molecule has 0 aromatic heterocycles. The SMILES string of the molecule is CNCc1ccc2c3c(ccc2c1)CCC1=C3NC(c2ccccc2)S1. The third-order valence-corrected chi connectivity index (χ3v) is 6.66. The maximum Gasteiger partial charge on any atom is 0.102 e. The van der Waals surface area contributed by atoms with E-state index in [9.17, 15) is 0 Å². The van der Waals surface area contributed by atoms with Gasteiger partial charge in [0, 0.05) is 17.0 Å². The third kappa shape index (κ3) is 2.63. The summed E-state index contributed by atoms with van der Waals surface area (Å²) in [4.78, 5) is 1.51. The van der Waals surface area contributed by atoms with E-state index in [-0.39, 0.29) is 0 Å². The molecule has 0 bridgehead atoms. The van der Waals surface area contributed by atoms with Gasteiger partial charge < -0.3 is 10.6 Å². The van der Waals surface area contributed by atoms with Gasteiger partial charge in [0.2, 0.25) is 0 Å². The lowest BCUT2D eigenvalue weighted by molar-refractivity contribution is 0.819. The van der Waals surface area contributed by atoms with Crippen molar-refractivity contribution < 1.29 is 0 Å². The van der Waals surface area contributed by atoms with Crippen molar-refractivity contribution in [1.82, 2.24) is 10.6 Å². The van der Waals surface area contributed by atoms with E-state index in [0.717, 1.165) is 19.4 Å². The highest BCUT2D eigenvalue weighted by atomic mass is 32.2. The first-order valence-corrected chi connectivity index (χ1v) is 10.1. The van der Waals surface area contributed by atoms with Crippen molar-refractivity contribution in [3.05, 3.63) is 87.8 Å². The molecule has 1 heterocycles. The van der Waals surface area contributed by atoms with Gasteiger partial charge in [-0.1, -0.05) is 66.4 Å². The molecule has 1 unspecified atom stereocenters. The highest BCUT2D eigenvalue weighted by Gasteiger charge is 2.31. The second kappa shape index (κ2) is 6.49. The molecule has 0 saturated carbocycles. The number of rotatable bonds is 3. The summed E-state index contributed by atoms with van der Waals surface area (Å²) in [6, 6.07) is 22.3. The zero-order valence-electron chi connectivity index (χ0n) is 14.9. The van der Waals surface area contributed by atoms with Crippen LogP contribution in [0.4, 0.5) is 0 Å². The number of allylic oxidation sites excluding steroid dienone is 1. The largest absolute Gasteiger partial charge is 0.368 e. The molecular formula is C23H22N2S. The quantitative estimate of drug-likeness (QED) is 0.672. The Bertz CT molecular complexity index is 1010. The average Bonchev–Trinajstić information content (AvgIpc) is 3.13. The molecule has 1 atom stereocenters. The smallest absolute Gasteiger partial charge is 0.102 e. The normalized spacial score (nSPS) is 18.6. The summed E-state index contributed by atoms with van der Waals surface area (Å²) in [7, 11) is 2.00. The molecule has 0 radical (unpaired) electrons. The Hall–Kier alpha value is -2.23. The highest BCUT2D eigenvalue weighted by Crippen LogP contribution is 2.49. The van der Waals surface area contributed by atoms with Crippen LogP contribution in [0, 0.1) is 0 Å². The van der Waals surface area contributed by atoms with Gasteiger partial charge >= 0.3 is 0 Å². The Morgan fingerprint density at radius 2 is 1.92 bits per heavy atom. The van der Waals surface area contributed by atoms with Crippen molar-refractivity contribution in [1.29, 1.82) is 0 Å². The number of hydrogen-bond donors (Lipinski definition) is 2. The molecule has 3 aromatic carbocycles. The molecule has 0 spiro atoms. The lowest BCUT2D eigenvalue weighted by Gasteiger charge is -2.21. The lowest BCUT2D eigenvalue weighted by Crippen LogP contribution is -2.15. The predicted octanol–water partition coefficient (Wildman–Crippen LogP) is 5.21. The van der Waals surface area contributed by atoms with E-state index in [2.05, 4.69) is 71.3 Å². The number of fused-ring (bicyclic) bond motifs is 4. The van der Waals surface area contributed by atoms with E-state index in [1.54, 1.807) is 0 Å². The molecule has 2 aliphatic rings. The van der Waals surface area contributed by atoms with Gasteiger partial charge in [0.05, 0.1) is 5.70 Å². The number of thioether (sulfide) groups is 1. The highest BCUT2D eigenvalue weighted by molar-refractivity contribution is 8.03. The summed E-state index contributed by atoms with van der Waals surface area (Å²) >= 11 is 1.99. The number of nitrogens with one attached hydrogen (secondary N) is 2. The van der Waals surface area contributed by atoms with Gasteiger partial charge in [0.1, 0.15) is 5.37 Å². The van der Waals surface area contributed by atoms with Crippen LogP contribution in [-0.4, -0.2) is 7.05 Å². The molecule has 130 valence electrons. The topological polar surface area (TPSA) is 24.1 Å². The van der Waals surface area contributed by atoms with Crippen molar-refractivity contribution in [3.8, 4) is 0 Å². The van der Waals surface area contributed by atoms with Gasteiger partial charge in [-0.15, -0.1) is 0 Å². The standard InChI is InChI=1S/C23H22N2S/c1-24-14-15-7-11-19-18(13-15)9-8-16-10-12-20-22(21(16)19)25-23(26-20)17-5-3-2-4-6-17/h2-9,11,13,23-25H,10,12,14H2,1H3. The van der Waals surface area contributed by atoms with Gasteiger partial charge in [-0.3, -0.25) is 0 Å². The fourth-order valence-corrected chi connectivity index (χ4v) is 5.36. The first-order valence-electron chi connectivity index (χ1n) is 9.24. The fraction of sp³-hybridized carbons (Fsp3) is 0.217. The molecule has 0 amide bonds. The second-order valence-corrected chi connectivity index (χ2v) is 8.24. The summed E-state index contributed by atoms with van der Waals surface area (Å²) in [5.41, 5.74) is 6.94. The van der Waals surface area contributed by atoms with Crippen LogP contribution in [0.3, 0.4) is 0 Å². The molecule has 0 saturated heterocycles. The zero-order chi connectivity index (χ0) is 17.5. The summed E-state index contributed by atoms with van der Waals surface area (Å²) < 4.78 is 0. The molecule has 0 fully saturated rings. The summed E-state index contributed by atoms with van der Waals surface area (Å²) in [6.07, 6.45) is 2.28. The molecule has 3 heteroatoms. The van der Waals surface area contributed by atoms with E-state index in [1.165, 1.54) is 43.6 Å². The Morgan fingerprint density at radius 1 is 1.04 bits per heavy atom. The molecule has 2 nitrogen and oxygen atoms in total. The minimum atomic E-state index is 0.325. The van der Waals surface area contributed by atoms with Crippen LogP contribution in [-0.2, 0) is 13.0 Å². The number of benzene rings is 3. The van der Waals surface area contributed by atoms with Crippen molar-refractivity contribution in [2.75, 3.05) is 7.05 Å². The summed E-state index contributed by atoms with van der Waals surface area (Å²) in [5.74, 6) is 0. The second-order valence-electron chi connectivity index (χ2n) is 7.04. The molecular weight excluding hydrogens is 336 g/mol. The van der Waals surface area contributed by atoms with E-state index in [1.807, 2.05) is 18.8 Å². The van der Waals surface area contributed by atoms with Crippen molar-refractivity contribution >= 4 is 28.2 Å². The van der Waals surface area contributed by atoms with Crippen LogP contribution in [0.25, 0.3) is 16.5 Å². The lowest BCUT2D eigenvalue weighted by atomic mass is 9.89. The van der Waals surface area contributed by atoms with Crippen LogP contribution in [0.15, 0.2) is 65.6 Å². The van der Waals surface area contributed by atoms with E-state index in [0.29, 0.717) is 5.37 Å². The fourth-order valence-electron chi connectivity index (χ4n) is 4.11. The number of aryl methyl sites for hydroxylation is 1. The Kier molecular flexibility index (Phi) is 3.99. The van der Waals surface area contributed by atoms with E-state index < -0.39 is 0 Å². The van der Waals surface area contributed by atoms with Gasteiger partial charge in [-0.2, -0.15) is 0 Å². The van der Waals surface area contributed by atoms with Crippen LogP contribution < -0.4 is 10.6 Å². The first-order chi connectivity index (χ1) is 12.8. The molecule has 1 aliphatic carbocycles. The Balaban J connectivity index is 1.58. The van der Waals surface area contributed by atoms with Gasteiger partial charge in [-0.05, 0) is 53.4 Å². The minimum absolute atomic E-state index is 0.325. The maximum absolute atomic E-state index is 3.83. The third-order valence-electron chi connectivity index (χ3n) is 5.34. The van der Waals surface area contributed by atoms with Crippen LogP contribution in [0.2, 0.25) is 0 Å². The Morgan fingerprint density at radius 3 is 2.77 bits per heavy atom. The van der Waals surface area contributed by atoms with Crippen LogP contribution in [0.5, 0.6) is 0 Å². The number of hydrogen-bond acceptors (Lipinski definition) is 3. The maximum atomic E-state index is 3.83. The van der Waals surface area contributed by atoms with Gasteiger partial charge in [0.15, 0.2) is 0 Å². The first kappa shape index (κ1) is 16.0. The minimum Gasteiger partial charge on any atom is -0.368 e. The average molecular weight is 359 g/mol. The molecule has 26 heavy (non-hydrogen) atoms. The monoisotopic (exact) mass is 358 g/mol. The summed E-state index contributed by atoms with van der Waals surface area (Å²) in [6.45, 7) is 0.908. The van der Waals surface area contributed by atoms with Crippen molar-refractivity contribution in [3.63, 3.8) is 0 Å².